The number of aryl methyl sites for hydroxylation is 1. The SMILES string of the molecule is OCc1cc2ccccc2c2ccc3c(c12)CCC(CO)C3. The van der Waals surface area contributed by atoms with Crippen molar-refractivity contribution in [3.8, 4) is 0 Å². The van der Waals surface area contributed by atoms with Crippen LogP contribution in [0.2, 0.25) is 0 Å². The Morgan fingerprint density at radius 1 is 1.00 bits per heavy atom. The van der Waals surface area contributed by atoms with Crippen molar-refractivity contribution in [2.45, 2.75) is 25.9 Å². The molecule has 0 fully saturated rings. The van der Waals surface area contributed by atoms with Crippen LogP contribution < -0.4 is 0 Å². The molecule has 0 spiro atoms. The summed E-state index contributed by atoms with van der Waals surface area (Å²) in [5, 5.41) is 24.2. The second-order valence-electron chi connectivity index (χ2n) is 6.33. The number of benzene rings is 3. The highest BCUT2D eigenvalue weighted by molar-refractivity contribution is 6.10. The lowest BCUT2D eigenvalue weighted by molar-refractivity contribution is 0.213. The number of aliphatic hydroxyl groups excluding tert-OH is 2. The van der Waals surface area contributed by atoms with Gasteiger partial charge in [-0.25, -0.2) is 0 Å². The van der Waals surface area contributed by atoms with E-state index in [2.05, 4.69) is 36.4 Å². The largest absolute Gasteiger partial charge is 0.396 e. The predicted octanol–water partition coefficient (Wildman–Crippen LogP) is 3.58. The molecule has 1 aliphatic rings. The van der Waals surface area contributed by atoms with Crippen LogP contribution in [-0.4, -0.2) is 16.8 Å². The zero-order valence-electron chi connectivity index (χ0n) is 12.5. The van der Waals surface area contributed by atoms with Gasteiger partial charge in [-0.15, -0.1) is 0 Å². The molecule has 0 aliphatic heterocycles. The fourth-order valence-electron chi connectivity index (χ4n) is 3.93. The van der Waals surface area contributed by atoms with Crippen molar-refractivity contribution < 1.29 is 10.2 Å². The summed E-state index contributed by atoms with van der Waals surface area (Å²) in [6.45, 7) is 0.337. The molecule has 4 rings (SSSR count). The number of hydrogen-bond donors (Lipinski definition) is 2. The number of hydrogen-bond acceptors (Lipinski definition) is 2. The average molecular weight is 292 g/mol. The number of fused-ring (bicyclic) bond motifs is 5. The van der Waals surface area contributed by atoms with Gasteiger partial charge >= 0.3 is 0 Å². The molecule has 22 heavy (non-hydrogen) atoms. The molecule has 0 radical (unpaired) electrons. The topological polar surface area (TPSA) is 40.5 Å². The van der Waals surface area contributed by atoms with Crippen LogP contribution in [0.5, 0.6) is 0 Å². The van der Waals surface area contributed by atoms with E-state index >= 15 is 0 Å². The third-order valence-corrected chi connectivity index (χ3v) is 5.05. The van der Waals surface area contributed by atoms with Gasteiger partial charge in [-0.3, -0.25) is 0 Å². The molecule has 1 aliphatic carbocycles. The number of aliphatic hydroxyl groups is 2. The monoisotopic (exact) mass is 292 g/mol. The lowest BCUT2D eigenvalue weighted by atomic mass is 9.80. The van der Waals surface area contributed by atoms with Crippen LogP contribution in [0.15, 0.2) is 42.5 Å². The zero-order valence-corrected chi connectivity index (χ0v) is 12.5. The quantitative estimate of drug-likeness (QED) is 0.709. The van der Waals surface area contributed by atoms with E-state index in [1.807, 2.05) is 6.07 Å². The van der Waals surface area contributed by atoms with E-state index in [9.17, 15) is 10.2 Å². The van der Waals surface area contributed by atoms with Crippen molar-refractivity contribution in [2.24, 2.45) is 5.92 Å². The summed E-state index contributed by atoms with van der Waals surface area (Å²) >= 11 is 0. The van der Waals surface area contributed by atoms with E-state index in [0.29, 0.717) is 5.92 Å². The van der Waals surface area contributed by atoms with E-state index in [1.54, 1.807) is 0 Å². The molecule has 2 nitrogen and oxygen atoms in total. The van der Waals surface area contributed by atoms with Gasteiger partial charge in [0.2, 0.25) is 0 Å². The summed E-state index contributed by atoms with van der Waals surface area (Å²) in [5.74, 6) is 0.378. The van der Waals surface area contributed by atoms with Crippen LogP contribution in [0, 0.1) is 5.92 Å². The zero-order chi connectivity index (χ0) is 15.1. The molecule has 3 aromatic rings. The molecular formula is C20H20O2. The maximum Gasteiger partial charge on any atom is 0.0688 e. The highest BCUT2D eigenvalue weighted by Gasteiger charge is 2.21. The molecule has 0 aromatic heterocycles. The Labute approximate surface area is 130 Å². The molecule has 0 heterocycles. The highest BCUT2D eigenvalue weighted by atomic mass is 16.3. The summed E-state index contributed by atoms with van der Waals surface area (Å²) in [5.41, 5.74) is 3.73. The van der Waals surface area contributed by atoms with Gasteiger partial charge in [0, 0.05) is 6.61 Å². The van der Waals surface area contributed by atoms with E-state index < -0.39 is 0 Å². The molecule has 2 N–H and O–H groups in total. The van der Waals surface area contributed by atoms with E-state index in [0.717, 1.165) is 24.8 Å². The van der Waals surface area contributed by atoms with Crippen LogP contribution in [0.1, 0.15) is 23.1 Å². The first-order valence-electron chi connectivity index (χ1n) is 7.98. The van der Waals surface area contributed by atoms with E-state index in [4.69, 9.17) is 0 Å². The lowest BCUT2D eigenvalue weighted by Gasteiger charge is -2.25. The Balaban J connectivity index is 2.05. The van der Waals surface area contributed by atoms with Crippen LogP contribution in [0.4, 0.5) is 0 Å². The normalized spacial score (nSPS) is 17.8. The highest BCUT2D eigenvalue weighted by Crippen LogP contribution is 2.37. The van der Waals surface area contributed by atoms with Crippen molar-refractivity contribution in [3.63, 3.8) is 0 Å². The third-order valence-electron chi connectivity index (χ3n) is 5.05. The third kappa shape index (κ3) is 2.03. The van der Waals surface area contributed by atoms with E-state index in [-0.39, 0.29) is 13.2 Å². The van der Waals surface area contributed by atoms with Gasteiger partial charge < -0.3 is 10.2 Å². The number of rotatable bonds is 2. The van der Waals surface area contributed by atoms with Crippen LogP contribution in [0.25, 0.3) is 21.5 Å². The summed E-state index contributed by atoms with van der Waals surface area (Å²) in [7, 11) is 0. The Morgan fingerprint density at radius 2 is 1.86 bits per heavy atom. The molecule has 0 bridgehead atoms. The molecule has 2 heteroatoms. The van der Waals surface area contributed by atoms with Crippen molar-refractivity contribution in [2.75, 3.05) is 6.61 Å². The van der Waals surface area contributed by atoms with Gasteiger partial charge in [-0.05, 0) is 69.5 Å². The van der Waals surface area contributed by atoms with Crippen LogP contribution in [-0.2, 0) is 19.4 Å². The standard InChI is InChI=1S/C20H20O2/c21-11-13-5-7-18-15(9-13)6-8-19-17-4-2-1-3-14(17)10-16(12-22)20(18)19/h1-4,6,8,10,13,21-22H,5,7,9,11-12H2. The minimum Gasteiger partial charge on any atom is -0.396 e. The Morgan fingerprint density at radius 3 is 2.68 bits per heavy atom. The second-order valence-corrected chi connectivity index (χ2v) is 6.33. The van der Waals surface area contributed by atoms with Crippen LogP contribution >= 0.6 is 0 Å². The lowest BCUT2D eigenvalue weighted by Crippen LogP contribution is -2.18. The smallest absolute Gasteiger partial charge is 0.0688 e. The molecule has 0 saturated carbocycles. The molecule has 112 valence electrons. The van der Waals surface area contributed by atoms with E-state index in [1.165, 1.54) is 32.7 Å². The average Bonchev–Trinajstić information content (AvgIpc) is 2.59. The summed E-state index contributed by atoms with van der Waals surface area (Å²) in [4.78, 5) is 0. The Kier molecular flexibility index (Phi) is 3.36. The predicted molar refractivity (Wildman–Crippen MR) is 90.0 cm³/mol. The summed E-state index contributed by atoms with van der Waals surface area (Å²) < 4.78 is 0. The Bertz CT molecular complexity index is 851. The molecule has 3 aromatic carbocycles. The Hall–Kier alpha value is -1.90. The van der Waals surface area contributed by atoms with Gasteiger partial charge in [-0.1, -0.05) is 36.4 Å². The first-order valence-corrected chi connectivity index (χ1v) is 7.98. The van der Waals surface area contributed by atoms with Crippen molar-refractivity contribution in [1.29, 1.82) is 0 Å². The summed E-state index contributed by atoms with van der Waals surface area (Å²) in [6, 6.07) is 14.9. The second kappa shape index (κ2) is 5.38. The minimum atomic E-state index is 0.0707. The van der Waals surface area contributed by atoms with Gasteiger partial charge in [0.05, 0.1) is 6.61 Å². The van der Waals surface area contributed by atoms with Crippen molar-refractivity contribution in [3.05, 3.63) is 59.2 Å². The minimum absolute atomic E-state index is 0.0707. The van der Waals surface area contributed by atoms with Crippen LogP contribution in [0.3, 0.4) is 0 Å². The molecule has 0 saturated heterocycles. The molecule has 0 amide bonds. The first-order chi connectivity index (χ1) is 10.8. The maximum atomic E-state index is 9.85. The fourth-order valence-corrected chi connectivity index (χ4v) is 3.93. The van der Waals surface area contributed by atoms with Crippen molar-refractivity contribution in [1.82, 2.24) is 0 Å². The van der Waals surface area contributed by atoms with Gasteiger partial charge in [0.1, 0.15) is 0 Å². The van der Waals surface area contributed by atoms with Crippen molar-refractivity contribution >= 4 is 21.5 Å². The molecular weight excluding hydrogens is 272 g/mol. The van der Waals surface area contributed by atoms with Gasteiger partial charge in [-0.2, -0.15) is 0 Å². The molecule has 1 unspecified atom stereocenters. The summed E-state index contributed by atoms with van der Waals surface area (Å²) in [6.07, 6.45) is 2.96. The van der Waals surface area contributed by atoms with Gasteiger partial charge in [0.25, 0.3) is 0 Å². The first kappa shape index (κ1) is 13.7. The van der Waals surface area contributed by atoms with Gasteiger partial charge in [0.15, 0.2) is 0 Å². The fraction of sp³-hybridized carbons (Fsp3) is 0.300. The molecule has 1 atom stereocenters. The maximum absolute atomic E-state index is 9.85.